The normalized spacial score (nSPS) is 11.3. The van der Waals surface area contributed by atoms with Crippen molar-refractivity contribution in [2.24, 2.45) is 5.92 Å². The van der Waals surface area contributed by atoms with Gasteiger partial charge in [0.15, 0.2) is 6.61 Å². The molecule has 1 aromatic carbocycles. The zero-order valence-corrected chi connectivity index (χ0v) is 13.2. The molecule has 8 nitrogen and oxygen atoms in total. The zero-order valence-electron chi connectivity index (χ0n) is 13.2. The van der Waals surface area contributed by atoms with Crippen LogP contribution in [0.1, 0.15) is 6.92 Å². The smallest absolute Gasteiger partial charge is 0.343 e. The Morgan fingerprint density at radius 1 is 1.35 bits per heavy atom. The molecule has 0 aromatic heterocycles. The lowest BCUT2D eigenvalue weighted by Crippen LogP contribution is -2.36. The lowest BCUT2D eigenvalue weighted by atomic mass is 10.2. The Hall–Kier alpha value is -2.77. The largest absolute Gasteiger partial charge is 0.482 e. The standard InChI is InChI=1S/C15H20N2O6/c1-10(14(19)20)8-17(2)15(21)16-11-5-4-6-12(7-11)23-9-13(18)22-3/h4-7,10H,8-9H2,1-3H3,(H,16,21)(H,19,20). The summed E-state index contributed by atoms with van der Waals surface area (Å²) in [4.78, 5) is 35.1. The molecular formula is C15H20N2O6. The summed E-state index contributed by atoms with van der Waals surface area (Å²) in [6.07, 6.45) is 0. The maximum atomic E-state index is 12.0. The number of carbonyl (C=O) groups is 3. The van der Waals surface area contributed by atoms with Crippen molar-refractivity contribution in [2.45, 2.75) is 6.92 Å². The number of methoxy groups -OCH3 is 1. The molecule has 0 saturated heterocycles. The van der Waals surface area contributed by atoms with Gasteiger partial charge < -0.3 is 24.8 Å². The van der Waals surface area contributed by atoms with Crippen molar-refractivity contribution in [2.75, 3.05) is 32.6 Å². The Morgan fingerprint density at radius 3 is 2.65 bits per heavy atom. The van der Waals surface area contributed by atoms with Gasteiger partial charge in [-0.2, -0.15) is 0 Å². The quantitative estimate of drug-likeness (QED) is 0.735. The summed E-state index contributed by atoms with van der Waals surface area (Å²) in [5.41, 5.74) is 0.465. The average Bonchev–Trinajstić information content (AvgIpc) is 2.52. The molecule has 0 saturated carbocycles. The van der Waals surface area contributed by atoms with E-state index in [2.05, 4.69) is 10.1 Å². The van der Waals surface area contributed by atoms with E-state index in [1.54, 1.807) is 24.3 Å². The van der Waals surface area contributed by atoms with E-state index in [-0.39, 0.29) is 13.2 Å². The Morgan fingerprint density at radius 2 is 2.04 bits per heavy atom. The molecule has 1 unspecified atom stereocenters. The molecule has 0 radical (unpaired) electrons. The van der Waals surface area contributed by atoms with Crippen LogP contribution in [0.25, 0.3) is 0 Å². The highest BCUT2D eigenvalue weighted by Gasteiger charge is 2.17. The minimum absolute atomic E-state index is 0.0830. The van der Waals surface area contributed by atoms with Gasteiger partial charge in [-0.05, 0) is 12.1 Å². The van der Waals surface area contributed by atoms with E-state index in [4.69, 9.17) is 9.84 Å². The number of esters is 1. The number of anilines is 1. The van der Waals surface area contributed by atoms with Gasteiger partial charge in [0.25, 0.3) is 0 Å². The predicted molar refractivity (Wildman–Crippen MR) is 82.4 cm³/mol. The number of ether oxygens (including phenoxy) is 2. The fourth-order valence-electron chi connectivity index (χ4n) is 1.66. The van der Waals surface area contributed by atoms with E-state index < -0.39 is 23.9 Å². The van der Waals surface area contributed by atoms with Gasteiger partial charge in [-0.25, -0.2) is 9.59 Å². The zero-order chi connectivity index (χ0) is 17.4. The van der Waals surface area contributed by atoms with Crippen LogP contribution in [-0.2, 0) is 14.3 Å². The lowest BCUT2D eigenvalue weighted by Gasteiger charge is -2.20. The Balaban J connectivity index is 2.60. The summed E-state index contributed by atoms with van der Waals surface area (Å²) in [6, 6.07) is 6.05. The molecule has 0 bridgehead atoms. The Bertz CT molecular complexity index is 575. The monoisotopic (exact) mass is 324 g/mol. The molecule has 1 rings (SSSR count). The van der Waals surface area contributed by atoms with Gasteiger partial charge in [0.2, 0.25) is 0 Å². The molecule has 2 N–H and O–H groups in total. The van der Waals surface area contributed by atoms with Gasteiger partial charge in [0.1, 0.15) is 5.75 Å². The van der Waals surface area contributed by atoms with Gasteiger partial charge in [-0.1, -0.05) is 13.0 Å². The van der Waals surface area contributed by atoms with Crippen molar-refractivity contribution in [3.8, 4) is 5.75 Å². The van der Waals surface area contributed by atoms with Crippen molar-refractivity contribution in [1.82, 2.24) is 4.90 Å². The Labute approximate surface area is 134 Å². The third kappa shape index (κ3) is 6.25. The van der Waals surface area contributed by atoms with Crippen LogP contribution >= 0.6 is 0 Å². The van der Waals surface area contributed by atoms with Crippen LogP contribution in [0.15, 0.2) is 24.3 Å². The van der Waals surface area contributed by atoms with Crippen LogP contribution in [0, 0.1) is 5.92 Å². The van der Waals surface area contributed by atoms with Crippen molar-refractivity contribution < 1.29 is 29.0 Å². The first kappa shape index (κ1) is 18.3. The van der Waals surface area contributed by atoms with Crippen LogP contribution in [0.2, 0.25) is 0 Å². The summed E-state index contributed by atoms with van der Waals surface area (Å²) in [6.45, 7) is 1.37. The van der Waals surface area contributed by atoms with Crippen LogP contribution in [-0.4, -0.2) is 55.3 Å². The van der Waals surface area contributed by atoms with Crippen LogP contribution in [0.4, 0.5) is 10.5 Å². The molecular weight excluding hydrogens is 304 g/mol. The number of rotatable bonds is 7. The first-order valence-electron chi connectivity index (χ1n) is 6.88. The Kier molecular flexibility index (Phi) is 6.85. The summed E-state index contributed by atoms with van der Waals surface area (Å²) < 4.78 is 9.69. The van der Waals surface area contributed by atoms with E-state index in [9.17, 15) is 14.4 Å². The summed E-state index contributed by atoms with van der Waals surface area (Å²) in [5, 5.41) is 11.5. The third-order valence-electron chi connectivity index (χ3n) is 2.99. The van der Waals surface area contributed by atoms with E-state index in [1.165, 1.54) is 26.0 Å². The van der Waals surface area contributed by atoms with E-state index >= 15 is 0 Å². The molecule has 126 valence electrons. The number of benzene rings is 1. The van der Waals surface area contributed by atoms with Gasteiger partial charge in [-0.3, -0.25) is 4.79 Å². The molecule has 2 amide bonds. The van der Waals surface area contributed by atoms with Crippen molar-refractivity contribution in [3.63, 3.8) is 0 Å². The van der Waals surface area contributed by atoms with E-state index in [0.717, 1.165) is 0 Å². The number of nitrogens with zero attached hydrogens (tertiary/aromatic N) is 1. The van der Waals surface area contributed by atoms with Crippen molar-refractivity contribution >= 4 is 23.7 Å². The van der Waals surface area contributed by atoms with E-state index in [0.29, 0.717) is 11.4 Å². The molecule has 23 heavy (non-hydrogen) atoms. The highest BCUT2D eigenvalue weighted by atomic mass is 16.6. The number of aliphatic carboxylic acids is 1. The van der Waals surface area contributed by atoms with Gasteiger partial charge >= 0.3 is 18.0 Å². The van der Waals surface area contributed by atoms with Crippen molar-refractivity contribution in [3.05, 3.63) is 24.3 Å². The number of carboxylic acid groups (broad SMARTS) is 1. The van der Waals surface area contributed by atoms with Crippen LogP contribution in [0.3, 0.4) is 0 Å². The SMILES string of the molecule is COC(=O)COc1cccc(NC(=O)N(C)CC(C)C(=O)O)c1. The summed E-state index contributed by atoms with van der Waals surface area (Å²) in [5.74, 6) is -1.75. The number of nitrogens with one attached hydrogen (secondary N) is 1. The van der Waals surface area contributed by atoms with Crippen LogP contribution < -0.4 is 10.1 Å². The topological polar surface area (TPSA) is 105 Å². The fraction of sp³-hybridized carbons (Fsp3) is 0.400. The van der Waals surface area contributed by atoms with Gasteiger partial charge in [0.05, 0.1) is 13.0 Å². The molecule has 8 heteroatoms. The molecule has 0 spiro atoms. The third-order valence-corrected chi connectivity index (χ3v) is 2.99. The molecule has 1 atom stereocenters. The molecule has 0 aliphatic carbocycles. The first-order valence-corrected chi connectivity index (χ1v) is 6.88. The number of hydrogen-bond acceptors (Lipinski definition) is 5. The molecule has 0 aliphatic rings. The second kappa shape index (κ2) is 8.62. The summed E-state index contributed by atoms with van der Waals surface area (Å²) >= 11 is 0. The predicted octanol–water partition coefficient (Wildman–Crippen LogP) is 1.42. The molecule has 0 heterocycles. The van der Waals surface area contributed by atoms with Crippen LogP contribution in [0.5, 0.6) is 5.75 Å². The highest BCUT2D eigenvalue weighted by Crippen LogP contribution is 2.17. The lowest BCUT2D eigenvalue weighted by molar-refractivity contribution is -0.143. The van der Waals surface area contributed by atoms with Gasteiger partial charge in [-0.15, -0.1) is 0 Å². The summed E-state index contributed by atoms with van der Waals surface area (Å²) in [7, 11) is 2.77. The molecule has 1 aromatic rings. The maximum Gasteiger partial charge on any atom is 0.343 e. The minimum Gasteiger partial charge on any atom is -0.482 e. The number of carbonyl (C=O) groups excluding carboxylic acids is 2. The highest BCUT2D eigenvalue weighted by molar-refractivity contribution is 5.89. The first-order chi connectivity index (χ1) is 10.8. The van der Waals surface area contributed by atoms with E-state index in [1.807, 2.05) is 0 Å². The number of carboxylic acids is 1. The van der Waals surface area contributed by atoms with Gasteiger partial charge in [0, 0.05) is 25.3 Å². The molecule has 0 fully saturated rings. The molecule has 0 aliphatic heterocycles. The van der Waals surface area contributed by atoms with Crippen molar-refractivity contribution in [1.29, 1.82) is 0 Å². The number of hydrogen-bond donors (Lipinski definition) is 2. The second-order valence-electron chi connectivity index (χ2n) is 4.94. The fourth-order valence-corrected chi connectivity index (χ4v) is 1.66. The second-order valence-corrected chi connectivity index (χ2v) is 4.94. The maximum absolute atomic E-state index is 12.0. The number of urea groups is 1. The minimum atomic E-state index is -0.970. The number of amides is 2. The average molecular weight is 324 g/mol.